The van der Waals surface area contributed by atoms with E-state index in [-0.39, 0.29) is 29.0 Å². The monoisotopic (exact) mass is 466 g/mol. The number of benzene rings is 3. The summed E-state index contributed by atoms with van der Waals surface area (Å²) >= 11 is 0. The molecule has 0 saturated heterocycles. The molecule has 0 saturated carbocycles. The predicted octanol–water partition coefficient (Wildman–Crippen LogP) is 4.66. The quantitative estimate of drug-likeness (QED) is 0.550. The van der Waals surface area contributed by atoms with E-state index in [0.29, 0.717) is 6.42 Å². The van der Waals surface area contributed by atoms with Crippen LogP contribution in [-0.2, 0) is 14.8 Å². The standard InChI is InChI=1S/C26H30N2O4S/c1-4-26(5-2)17-23(22-12-8-9-13-24(22)32-26)27-25(29)18-28(3)33(30,31)21-15-14-19-10-6-7-11-20(19)16-21/h6-16,23H,4-5,17-18H2,1-3H3,(H,27,29)/t23-/m0/s1. The summed E-state index contributed by atoms with van der Waals surface area (Å²) in [6.45, 7) is 3.90. The molecule has 0 spiro atoms. The van der Waals surface area contributed by atoms with Gasteiger partial charge in [0.05, 0.1) is 17.5 Å². The number of hydrogen-bond donors (Lipinski definition) is 1. The van der Waals surface area contributed by atoms with Crippen LogP contribution in [0.2, 0.25) is 0 Å². The Kier molecular flexibility index (Phi) is 6.45. The third-order valence-electron chi connectivity index (χ3n) is 6.62. The first-order valence-electron chi connectivity index (χ1n) is 11.3. The lowest BCUT2D eigenvalue weighted by atomic mass is 9.83. The Hall–Kier alpha value is -2.90. The number of sulfonamides is 1. The fraction of sp³-hybridized carbons (Fsp3) is 0.346. The summed E-state index contributed by atoms with van der Waals surface area (Å²) in [5.74, 6) is 0.430. The first-order chi connectivity index (χ1) is 15.8. The van der Waals surface area contributed by atoms with Crippen LogP contribution in [-0.4, -0.2) is 37.8 Å². The van der Waals surface area contributed by atoms with E-state index in [1.165, 1.54) is 7.05 Å². The number of carbonyl (C=O) groups is 1. The van der Waals surface area contributed by atoms with Crippen LogP contribution in [0.25, 0.3) is 10.8 Å². The first-order valence-corrected chi connectivity index (χ1v) is 12.7. The summed E-state index contributed by atoms with van der Waals surface area (Å²) in [7, 11) is -2.38. The van der Waals surface area contributed by atoms with Crippen molar-refractivity contribution < 1.29 is 17.9 Å². The Labute approximate surface area is 195 Å². The lowest BCUT2D eigenvalue weighted by Crippen LogP contribution is -2.46. The van der Waals surface area contributed by atoms with Gasteiger partial charge in [0, 0.05) is 19.0 Å². The van der Waals surface area contributed by atoms with E-state index in [1.807, 2.05) is 48.5 Å². The zero-order chi connectivity index (χ0) is 23.6. The highest BCUT2D eigenvalue weighted by atomic mass is 32.2. The van der Waals surface area contributed by atoms with Gasteiger partial charge in [0.15, 0.2) is 0 Å². The van der Waals surface area contributed by atoms with E-state index < -0.39 is 10.0 Å². The zero-order valence-corrected chi connectivity index (χ0v) is 20.1. The van der Waals surface area contributed by atoms with Crippen molar-refractivity contribution in [3.05, 3.63) is 72.3 Å². The van der Waals surface area contributed by atoms with Crippen LogP contribution in [0.3, 0.4) is 0 Å². The van der Waals surface area contributed by atoms with Gasteiger partial charge in [-0.1, -0.05) is 62.4 Å². The van der Waals surface area contributed by atoms with Crippen LogP contribution in [0.4, 0.5) is 0 Å². The maximum atomic E-state index is 13.1. The van der Waals surface area contributed by atoms with Gasteiger partial charge in [0.2, 0.25) is 15.9 Å². The van der Waals surface area contributed by atoms with Crippen molar-refractivity contribution in [3.8, 4) is 5.75 Å². The van der Waals surface area contributed by atoms with Crippen molar-refractivity contribution in [2.45, 2.75) is 49.6 Å². The maximum Gasteiger partial charge on any atom is 0.243 e. The molecule has 1 aliphatic heterocycles. The summed E-state index contributed by atoms with van der Waals surface area (Å²) in [6.07, 6.45) is 2.28. The summed E-state index contributed by atoms with van der Waals surface area (Å²) in [6, 6.07) is 20.1. The molecule has 1 aliphatic rings. The highest BCUT2D eigenvalue weighted by Crippen LogP contribution is 2.42. The second-order valence-corrected chi connectivity index (χ2v) is 10.7. The van der Waals surface area contributed by atoms with Crippen molar-refractivity contribution in [1.29, 1.82) is 0 Å². The normalized spacial score (nSPS) is 17.4. The number of para-hydroxylation sites is 1. The minimum Gasteiger partial charge on any atom is -0.487 e. The van der Waals surface area contributed by atoms with Gasteiger partial charge < -0.3 is 10.1 Å². The minimum absolute atomic E-state index is 0.170. The molecular formula is C26H30N2O4S. The third kappa shape index (κ3) is 4.61. The van der Waals surface area contributed by atoms with Crippen LogP contribution < -0.4 is 10.1 Å². The Morgan fingerprint density at radius 2 is 1.70 bits per heavy atom. The van der Waals surface area contributed by atoms with Gasteiger partial charge in [0.1, 0.15) is 11.4 Å². The molecule has 1 N–H and O–H groups in total. The number of amides is 1. The van der Waals surface area contributed by atoms with Crippen molar-refractivity contribution >= 4 is 26.7 Å². The van der Waals surface area contributed by atoms with Gasteiger partial charge in [-0.05, 0) is 41.8 Å². The Morgan fingerprint density at radius 3 is 2.42 bits per heavy atom. The van der Waals surface area contributed by atoms with Crippen molar-refractivity contribution in [1.82, 2.24) is 9.62 Å². The van der Waals surface area contributed by atoms with E-state index in [0.717, 1.165) is 39.2 Å². The van der Waals surface area contributed by atoms with Crippen LogP contribution in [0.1, 0.15) is 44.7 Å². The summed E-state index contributed by atoms with van der Waals surface area (Å²) < 4.78 is 33.6. The molecule has 0 bridgehead atoms. The van der Waals surface area contributed by atoms with Gasteiger partial charge >= 0.3 is 0 Å². The average molecular weight is 467 g/mol. The summed E-state index contributed by atoms with van der Waals surface area (Å²) in [4.78, 5) is 13.1. The average Bonchev–Trinajstić information content (AvgIpc) is 2.83. The van der Waals surface area contributed by atoms with Gasteiger partial charge in [-0.2, -0.15) is 4.31 Å². The molecule has 1 amide bonds. The molecule has 0 aromatic heterocycles. The first kappa shape index (κ1) is 23.3. The van der Waals surface area contributed by atoms with Crippen LogP contribution in [0.15, 0.2) is 71.6 Å². The van der Waals surface area contributed by atoms with E-state index in [9.17, 15) is 13.2 Å². The second kappa shape index (κ2) is 9.15. The minimum atomic E-state index is -3.81. The number of nitrogens with zero attached hydrogens (tertiary/aromatic N) is 1. The van der Waals surface area contributed by atoms with Gasteiger partial charge in [-0.15, -0.1) is 0 Å². The highest BCUT2D eigenvalue weighted by Gasteiger charge is 2.39. The lowest BCUT2D eigenvalue weighted by molar-refractivity contribution is -0.122. The maximum absolute atomic E-state index is 13.1. The number of carbonyl (C=O) groups excluding carboxylic acids is 1. The topological polar surface area (TPSA) is 75.7 Å². The van der Waals surface area contributed by atoms with E-state index in [1.54, 1.807) is 18.2 Å². The summed E-state index contributed by atoms with van der Waals surface area (Å²) in [5.41, 5.74) is 0.568. The molecule has 4 rings (SSSR count). The van der Waals surface area contributed by atoms with Gasteiger partial charge in [0.25, 0.3) is 0 Å². The molecule has 174 valence electrons. The zero-order valence-electron chi connectivity index (χ0n) is 19.2. The molecule has 1 atom stereocenters. The lowest BCUT2D eigenvalue weighted by Gasteiger charge is -2.41. The van der Waals surface area contributed by atoms with Gasteiger partial charge in [-0.3, -0.25) is 4.79 Å². The van der Waals surface area contributed by atoms with Crippen molar-refractivity contribution in [2.24, 2.45) is 0 Å². The number of rotatable bonds is 7. The predicted molar refractivity (Wildman–Crippen MR) is 130 cm³/mol. The second-order valence-electron chi connectivity index (χ2n) is 8.62. The van der Waals surface area contributed by atoms with E-state index in [2.05, 4.69) is 19.2 Å². The molecule has 7 heteroatoms. The molecule has 0 aliphatic carbocycles. The highest BCUT2D eigenvalue weighted by molar-refractivity contribution is 7.89. The fourth-order valence-electron chi connectivity index (χ4n) is 4.47. The van der Waals surface area contributed by atoms with Gasteiger partial charge in [-0.25, -0.2) is 8.42 Å². The number of ether oxygens (including phenoxy) is 1. The SMILES string of the molecule is CCC1(CC)C[C@H](NC(=O)CN(C)S(=O)(=O)c2ccc3ccccc3c2)c2ccccc2O1. The molecule has 1 heterocycles. The molecular weight excluding hydrogens is 436 g/mol. The van der Waals surface area contributed by atoms with Crippen LogP contribution in [0, 0.1) is 0 Å². The molecule has 0 radical (unpaired) electrons. The number of fused-ring (bicyclic) bond motifs is 2. The van der Waals surface area contributed by atoms with Crippen molar-refractivity contribution in [3.63, 3.8) is 0 Å². The molecule has 6 nitrogen and oxygen atoms in total. The Morgan fingerprint density at radius 1 is 1.03 bits per heavy atom. The molecule has 33 heavy (non-hydrogen) atoms. The Balaban J connectivity index is 1.51. The third-order valence-corrected chi connectivity index (χ3v) is 8.42. The molecule has 0 unspecified atom stereocenters. The Bertz CT molecular complexity index is 1270. The fourth-order valence-corrected chi connectivity index (χ4v) is 5.63. The smallest absolute Gasteiger partial charge is 0.243 e. The van der Waals surface area contributed by atoms with E-state index >= 15 is 0 Å². The largest absolute Gasteiger partial charge is 0.487 e. The molecule has 3 aromatic carbocycles. The summed E-state index contributed by atoms with van der Waals surface area (Å²) in [5, 5.41) is 4.86. The number of nitrogens with one attached hydrogen (secondary N) is 1. The van der Waals surface area contributed by atoms with Crippen molar-refractivity contribution in [2.75, 3.05) is 13.6 Å². The van der Waals surface area contributed by atoms with Crippen LogP contribution in [0.5, 0.6) is 5.75 Å². The number of likely N-dealkylation sites (N-methyl/N-ethyl adjacent to an activating group) is 1. The molecule has 0 fully saturated rings. The van der Waals surface area contributed by atoms with E-state index in [4.69, 9.17) is 4.74 Å². The number of hydrogen-bond acceptors (Lipinski definition) is 4. The van der Waals surface area contributed by atoms with Crippen LogP contribution >= 0.6 is 0 Å². The molecule has 3 aromatic rings.